The molecule has 0 spiro atoms. The number of rotatable bonds is 3. The number of carbonyl (C=O) groups is 2. The molecule has 2 aliphatic heterocycles. The second-order valence-corrected chi connectivity index (χ2v) is 5.43. The Morgan fingerprint density at radius 2 is 2.12 bits per heavy atom. The highest BCUT2D eigenvalue weighted by molar-refractivity contribution is 5.86. The third-order valence-electron chi connectivity index (χ3n) is 3.85. The van der Waals surface area contributed by atoms with Gasteiger partial charge in [0.15, 0.2) is 0 Å². The van der Waals surface area contributed by atoms with Gasteiger partial charge in [0.25, 0.3) is 0 Å². The van der Waals surface area contributed by atoms with Crippen LogP contribution in [-0.2, 0) is 9.59 Å². The molecule has 0 aromatic heterocycles. The molecule has 2 rings (SSSR count). The van der Waals surface area contributed by atoms with Gasteiger partial charge in [0, 0.05) is 13.0 Å². The van der Waals surface area contributed by atoms with Crippen LogP contribution in [0.25, 0.3) is 0 Å². The van der Waals surface area contributed by atoms with Crippen molar-refractivity contribution in [2.24, 2.45) is 5.92 Å². The van der Waals surface area contributed by atoms with Crippen LogP contribution >= 0.6 is 0 Å². The molecule has 0 radical (unpaired) electrons. The van der Waals surface area contributed by atoms with Gasteiger partial charge in [-0.1, -0.05) is 13.8 Å². The molecule has 5 heteroatoms. The topological polar surface area (TPSA) is 60.9 Å². The Morgan fingerprint density at radius 3 is 2.59 bits per heavy atom. The lowest BCUT2D eigenvalue weighted by Gasteiger charge is -2.49. The Hall–Kier alpha value is -1.10. The van der Waals surface area contributed by atoms with Crippen molar-refractivity contribution >= 4 is 11.8 Å². The lowest BCUT2D eigenvalue weighted by Crippen LogP contribution is -2.67. The fourth-order valence-corrected chi connectivity index (χ4v) is 2.29. The number of carbonyl (C=O) groups excluding carboxylic acids is 2. The summed E-state index contributed by atoms with van der Waals surface area (Å²) in [7, 11) is 0. The lowest BCUT2D eigenvalue weighted by molar-refractivity contribution is -0.165. The van der Waals surface area contributed by atoms with E-state index in [0.29, 0.717) is 26.1 Å². The largest absolute Gasteiger partial charge is 0.386 e. The van der Waals surface area contributed by atoms with Crippen LogP contribution in [0.5, 0.6) is 0 Å². The molecular formula is C12H20N2O3. The Morgan fingerprint density at radius 1 is 1.47 bits per heavy atom. The van der Waals surface area contributed by atoms with E-state index in [1.807, 2.05) is 13.8 Å². The van der Waals surface area contributed by atoms with Crippen molar-refractivity contribution in [3.05, 3.63) is 0 Å². The smallest absolute Gasteiger partial charge is 0.242 e. The average molecular weight is 240 g/mol. The minimum absolute atomic E-state index is 0.0504. The van der Waals surface area contributed by atoms with Crippen molar-refractivity contribution in [3.63, 3.8) is 0 Å². The van der Waals surface area contributed by atoms with Gasteiger partial charge >= 0.3 is 0 Å². The molecule has 0 aliphatic carbocycles. The summed E-state index contributed by atoms with van der Waals surface area (Å²) in [5, 5.41) is 10.0. The zero-order chi connectivity index (χ0) is 12.6. The molecule has 2 saturated heterocycles. The van der Waals surface area contributed by atoms with Gasteiger partial charge in [0.2, 0.25) is 11.8 Å². The SMILES string of the molecule is CC(C)C1(O)CN(C(=O)CN2CCCC2=O)C1. The molecule has 0 aromatic carbocycles. The van der Waals surface area contributed by atoms with E-state index in [1.54, 1.807) is 9.80 Å². The summed E-state index contributed by atoms with van der Waals surface area (Å²) in [5.41, 5.74) is -0.731. The first kappa shape index (κ1) is 12.4. The maximum atomic E-state index is 11.9. The first-order valence-electron chi connectivity index (χ1n) is 6.20. The van der Waals surface area contributed by atoms with Crippen LogP contribution in [0, 0.1) is 5.92 Å². The second kappa shape index (κ2) is 4.29. The van der Waals surface area contributed by atoms with Crippen LogP contribution < -0.4 is 0 Å². The normalized spacial score (nSPS) is 23.2. The van der Waals surface area contributed by atoms with Crippen LogP contribution in [0.4, 0.5) is 0 Å². The Kier molecular flexibility index (Phi) is 3.12. The highest BCUT2D eigenvalue weighted by Crippen LogP contribution is 2.28. The van der Waals surface area contributed by atoms with E-state index < -0.39 is 5.60 Å². The highest BCUT2D eigenvalue weighted by atomic mass is 16.3. The maximum absolute atomic E-state index is 11.9. The number of aliphatic hydroxyl groups is 1. The lowest BCUT2D eigenvalue weighted by atomic mass is 9.83. The summed E-state index contributed by atoms with van der Waals surface area (Å²) in [5.74, 6) is 0.170. The zero-order valence-corrected chi connectivity index (χ0v) is 10.5. The minimum atomic E-state index is -0.731. The monoisotopic (exact) mass is 240 g/mol. The number of likely N-dealkylation sites (tertiary alicyclic amines) is 2. The zero-order valence-electron chi connectivity index (χ0n) is 10.5. The van der Waals surface area contributed by atoms with Crippen molar-refractivity contribution < 1.29 is 14.7 Å². The van der Waals surface area contributed by atoms with Crippen molar-refractivity contribution in [1.29, 1.82) is 0 Å². The summed E-state index contributed by atoms with van der Waals surface area (Å²) < 4.78 is 0. The molecule has 0 unspecified atom stereocenters. The van der Waals surface area contributed by atoms with Gasteiger partial charge in [-0.05, 0) is 12.3 Å². The molecule has 0 atom stereocenters. The predicted molar refractivity (Wildman–Crippen MR) is 62.2 cm³/mol. The summed E-state index contributed by atoms with van der Waals surface area (Å²) in [4.78, 5) is 26.5. The molecule has 1 N–H and O–H groups in total. The number of amides is 2. The van der Waals surface area contributed by atoms with Crippen molar-refractivity contribution in [3.8, 4) is 0 Å². The molecule has 0 aromatic rings. The minimum Gasteiger partial charge on any atom is -0.386 e. The van der Waals surface area contributed by atoms with E-state index in [9.17, 15) is 14.7 Å². The highest BCUT2D eigenvalue weighted by Gasteiger charge is 2.46. The van der Waals surface area contributed by atoms with E-state index >= 15 is 0 Å². The fourth-order valence-electron chi connectivity index (χ4n) is 2.29. The Bertz CT molecular complexity index is 335. The van der Waals surface area contributed by atoms with Crippen LogP contribution in [0.15, 0.2) is 0 Å². The summed E-state index contributed by atoms with van der Waals surface area (Å²) in [6.07, 6.45) is 1.41. The summed E-state index contributed by atoms with van der Waals surface area (Å²) in [6.45, 7) is 5.55. The van der Waals surface area contributed by atoms with Gasteiger partial charge in [-0.2, -0.15) is 0 Å². The third kappa shape index (κ3) is 2.29. The van der Waals surface area contributed by atoms with E-state index in [1.165, 1.54) is 0 Å². The fraction of sp³-hybridized carbons (Fsp3) is 0.833. The van der Waals surface area contributed by atoms with Crippen LogP contribution in [0.2, 0.25) is 0 Å². The molecular weight excluding hydrogens is 220 g/mol. The summed E-state index contributed by atoms with van der Waals surface area (Å²) in [6, 6.07) is 0. The number of hydrogen-bond acceptors (Lipinski definition) is 3. The molecule has 96 valence electrons. The van der Waals surface area contributed by atoms with Crippen LogP contribution in [0.3, 0.4) is 0 Å². The molecule has 0 saturated carbocycles. The molecule has 0 bridgehead atoms. The van der Waals surface area contributed by atoms with Crippen LogP contribution in [-0.4, -0.2) is 58.5 Å². The van der Waals surface area contributed by atoms with Crippen LogP contribution in [0.1, 0.15) is 26.7 Å². The number of hydrogen-bond donors (Lipinski definition) is 1. The van der Waals surface area contributed by atoms with Gasteiger partial charge in [0.05, 0.1) is 19.6 Å². The van der Waals surface area contributed by atoms with Crippen molar-refractivity contribution in [2.45, 2.75) is 32.3 Å². The van der Waals surface area contributed by atoms with E-state index in [2.05, 4.69) is 0 Å². The Balaban J connectivity index is 1.81. The molecule has 17 heavy (non-hydrogen) atoms. The Labute approximate surface area is 101 Å². The molecule has 2 heterocycles. The van der Waals surface area contributed by atoms with Gasteiger partial charge in [0.1, 0.15) is 5.60 Å². The quantitative estimate of drug-likeness (QED) is 0.745. The third-order valence-corrected chi connectivity index (χ3v) is 3.85. The first-order chi connectivity index (χ1) is 7.92. The number of β-amino-alcohol motifs (C(OH)–C–C–N with tert-alkyl or cyclic N) is 1. The number of nitrogens with zero attached hydrogens (tertiary/aromatic N) is 2. The van der Waals surface area contributed by atoms with E-state index in [0.717, 1.165) is 6.42 Å². The van der Waals surface area contributed by atoms with Gasteiger partial charge < -0.3 is 14.9 Å². The van der Waals surface area contributed by atoms with Gasteiger partial charge in [-0.15, -0.1) is 0 Å². The van der Waals surface area contributed by atoms with E-state index in [4.69, 9.17) is 0 Å². The summed E-state index contributed by atoms with van der Waals surface area (Å²) >= 11 is 0. The van der Waals surface area contributed by atoms with Crippen molar-refractivity contribution in [1.82, 2.24) is 9.80 Å². The molecule has 2 fully saturated rings. The predicted octanol–water partition coefficient (Wildman–Crippen LogP) is -0.162. The second-order valence-electron chi connectivity index (χ2n) is 5.43. The average Bonchev–Trinajstić information content (AvgIpc) is 2.59. The molecule has 2 aliphatic rings. The van der Waals surface area contributed by atoms with Crippen molar-refractivity contribution in [2.75, 3.05) is 26.2 Å². The standard InChI is InChI=1S/C12H20N2O3/c1-9(2)12(17)7-14(8-12)11(16)6-13-5-3-4-10(13)15/h9,17H,3-8H2,1-2H3. The molecule has 2 amide bonds. The molecule has 5 nitrogen and oxygen atoms in total. The maximum Gasteiger partial charge on any atom is 0.242 e. The first-order valence-corrected chi connectivity index (χ1v) is 6.20. The van der Waals surface area contributed by atoms with Gasteiger partial charge in [-0.25, -0.2) is 0 Å². The van der Waals surface area contributed by atoms with Gasteiger partial charge in [-0.3, -0.25) is 9.59 Å². The van der Waals surface area contributed by atoms with E-state index in [-0.39, 0.29) is 24.3 Å².